The maximum atomic E-state index is 12.6. The summed E-state index contributed by atoms with van der Waals surface area (Å²) < 4.78 is 11.8. The molecule has 3 rings (SSSR count). The van der Waals surface area contributed by atoms with Crippen LogP contribution in [-0.2, 0) is 11.4 Å². The van der Waals surface area contributed by atoms with Crippen LogP contribution in [0.2, 0.25) is 5.02 Å². The first-order valence-corrected chi connectivity index (χ1v) is 10.4. The summed E-state index contributed by atoms with van der Waals surface area (Å²) in [5, 5.41) is 12.9. The van der Waals surface area contributed by atoms with Crippen molar-refractivity contribution in [3.8, 4) is 17.6 Å². The van der Waals surface area contributed by atoms with Gasteiger partial charge in [0, 0.05) is 20.7 Å². The standard InChI is InChI=1S/C24H18BrClN2O3/c1-30-22-9-7-21(8-10-22)28-24(29)18(14-27)12-17-13-19(25)4-11-23(17)31-15-16-2-5-20(26)6-3-16/h2-13H,15H2,1H3,(H,28,29)/b18-12+. The molecule has 7 heteroatoms. The molecule has 31 heavy (non-hydrogen) atoms. The second-order valence-corrected chi connectivity index (χ2v) is 7.80. The SMILES string of the molecule is COc1ccc(NC(=O)/C(C#N)=C/c2cc(Br)ccc2OCc2ccc(Cl)cc2)cc1. The fourth-order valence-electron chi connectivity index (χ4n) is 2.68. The molecule has 156 valence electrons. The quantitative estimate of drug-likeness (QED) is 0.310. The molecule has 0 fully saturated rings. The Labute approximate surface area is 194 Å². The molecule has 0 saturated carbocycles. The maximum Gasteiger partial charge on any atom is 0.266 e. The van der Waals surface area contributed by atoms with Crippen LogP contribution in [0.4, 0.5) is 5.69 Å². The normalized spacial score (nSPS) is 10.8. The van der Waals surface area contributed by atoms with E-state index in [2.05, 4.69) is 21.2 Å². The zero-order valence-corrected chi connectivity index (χ0v) is 18.9. The van der Waals surface area contributed by atoms with Crippen LogP contribution in [0.3, 0.4) is 0 Å². The summed E-state index contributed by atoms with van der Waals surface area (Å²) in [5.74, 6) is 0.699. The van der Waals surface area contributed by atoms with Gasteiger partial charge in [-0.1, -0.05) is 39.7 Å². The summed E-state index contributed by atoms with van der Waals surface area (Å²) >= 11 is 9.34. The van der Waals surface area contributed by atoms with Gasteiger partial charge in [0.2, 0.25) is 0 Å². The first-order chi connectivity index (χ1) is 15.0. The highest BCUT2D eigenvalue weighted by atomic mass is 79.9. The van der Waals surface area contributed by atoms with Gasteiger partial charge < -0.3 is 14.8 Å². The number of ether oxygens (including phenoxy) is 2. The summed E-state index contributed by atoms with van der Waals surface area (Å²) in [7, 11) is 1.56. The largest absolute Gasteiger partial charge is 0.497 e. The summed E-state index contributed by atoms with van der Waals surface area (Å²) in [6.45, 7) is 0.319. The van der Waals surface area contributed by atoms with Gasteiger partial charge in [-0.25, -0.2) is 0 Å². The van der Waals surface area contributed by atoms with E-state index in [0.717, 1.165) is 10.0 Å². The molecule has 5 nitrogen and oxygen atoms in total. The fraction of sp³-hybridized carbons (Fsp3) is 0.0833. The number of nitrogens with zero attached hydrogens (tertiary/aromatic N) is 1. The van der Waals surface area contributed by atoms with E-state index >= 15 is 0 Å². The van der Waals surface area contributed by atoms with E-state index < -0.39 is 5.91 Å². The average molecular weight is 498 g/mol. The van der Waals surface area contributed by atoms with Crippen LogP contribution in [0.5, 0.6) is 11.5 Å². The summed E-state index contributed by atoms with van der Waals surface area (Å²) in [6, 6.07) is 21.5. The molecular weight excluding hydrogens is 480 g/mol. The summed E-state index contributed by atoms with van der Waals surface area (Å²) in [4.78, 5) is 12.6. The number of methoxy groups -OCH3 is 1. The molecule has 0 aliphatic heterocycles. The van der Waals surface area contributed by atoms with E-state index in [4.69, 9.17) is 21.1 Å². The first-order valence-electron chi connectivity index (χ1n) is 9.22. The number of nitriles is 1. The predicted octanol–water partition coefficient (Wildman–Crippen LogP) is 6.24. The van der Waals surface area contributed by atoms with Crippen LogP contribution in [0.1, 0.15) is 11.1 Å². The van der Waals surface area contributed by atoms with E-state index in [0.29, 0.717) is 34.4 Å². The van der Waals surface area contributed by atoms with Crippen LogP contribution in [0, 0.1) is 11.3 Å². The number of carbonyl (C=O) groups excluding carboxylic acids is 1. The van der Waals surface area contributed by atoms with Crippen LogP contribution in [0.15, 0.2) is 76.8 Å². The minimum absolute atomic E-state index is 0.0507. The Morgan fingerprint density at radius 3 is 2.48 bits per heavy atom. The van der Waals surface area contributed by atoms with Crippen molar-refractivity contribution in [2.24, 2.45) is 0 Å². The lowest BCUT2D eigenvalue weighted by Gasteiger charge is -2.11. The van der Waals surface area contributed by atoms with Gasteiger partial charge in [-0.3, -0.25) is 4.79 Å². The molecule has 0 unspecified atom stereocenters. The van der Waals surface area contributed by atoms with Gasteiger partial charge >= 0.3 is 0 Å². The minimum atomic E-state index is -0.517. The Bertz CT molecular complexity index is 1140. The molecule has 0 aliphatic rings. The molecular formula is C24H18BrClN2O3. The number of anilines is 1. The molecule has 1 N–H and O–H groups in total. The Morgan fingerprint density at radius 2 is 1.84 bits per heavy atom. The monoisotopic (exact) mass is 496 g/mol. The van der Waals surface area contributed by atoms with E-state index in [9.17, 15) is 10.1 Å². The number of halogens is 2. The van der Waals surface area contributed by atoms with E-state index in [-0.39, 0.29) is 5.57 Å². The Morgan fingerprint density at radius 1 is 1.13 bits per heavy atom. The second-order valence-electron chi connectivity index (χ2n) is 6.45. The van der Waals surface area contributed by atoms with Gasteiger partial charge in [0.05, 0.1) is 7.11 Å². The Hall–Kier alpha value is -3.27. The molecule has 0 heterocycles. The minimum Gasteiger partial charge on any atom is -0.497 e. The Balaban J connectivity index is 1.80. The van der Waals surface area contributed by atoms with E-state index in [1.807, 2.05) is 24.3 Å². The average Bonchev–Trinajstić information content (AvgIpc) is 2.78. The van der Waals surface area contributed by atoms with Crippen LogP contribution in [0.25, 0.3) is 6.08 Å². The molecule has 0 aromatic heterocycles. The van der Waals surface area contributed by atoms with Crippen molar-refractivity contribution in [3.63, 3.8) is 0 Å². The van der Waals surface area contributed by atoms with Crippen LogP contribution in [-0.4, -0.2) is 13.0 Å². The number of benzene rings is 3. The number of amides is 1. The van der Waals surface area contributed by atoms with Crippen molar-refractivity contribution >= 4 is 45.2 Å². The van der Waals surface area contributed by atoms with Gasteiger partial charge in [0.15, 0.2) is 0 Å². The lowest BCUT2D eigenvalue weighted by atomic mass is 10.1. The number of hydrogen-bond donors (Lipinski definition) is 1. The van der Waals surface area contributed by atoms with Gasteiger partial charge in [-0.15, -0.1) is 0 Å². The first kappa shape index (κ1) is 22.4. The molecule has 0 spiro atoms. The third-order valence-electron chi connectivity index (χ3n) is 4.29. The third-order valence-corrected chi connectivity index (χ3v) is 5.04. The van der Waals surface area contributed by atoms with Gasteiger partial charge in [0.1, 0.15) is 29.7 Å². The highest BCUT2D eigenvalue weighted by Gasteiger charge is 2.12. The van der Waals surface area contributed by atoms with Crippen molar-refractivity contribution in [2.45, 2.75) is 6.61 Å². The smallest absolute Gasteiger partial charge is 0.266 e. The van der Waals surface area contributed by atoms with Gasteiger partial charge in [-0.2, -0.15) is 5.26 Å². The van der Waals surface area contributed by atoms with Crippen molar-refractivity contribution in [2.75, 3.05) is 12.4 Å². The maximum absolute atomic E-state index is 12.6. The van der Waals surface area contributed by atoms with Gasteiger partial charge in [-0.05, 0) is 66.2 Å². The number of rotatable bonds is 7. The van der Waals surface area contributed by atoms with Crippen molar-refractivity contribution in [1.29, 1.82) is 5.26 Å². The van der Waals surface area contributed by atoms with Crippen LogP contribution >= 0.6 is 27.5 Å². The third kappa shape index (κ3) is 6.35. The molecule has 0 atom stereocenters. The lowest BCUT2D eigenvalue weighted by molar-refractivity contribution is -0.112. The zero-order chi connectivity index (χ0) is 22.2. The highest BCUT2D eigenvalue weighted by Crippen LogP contribution is 2.27. The number of nitrogens with one attached hydrogen (secondary N) is 1. The molecule has 3 aromatic rings. The molecule has 3 aromatic carbocycles. The summed E-state index contributed by atoms with van der Waals surface area (Å²) in [5.41, 5.74) is 2.05. The van der Waals surface area contributed by atoms with Gasteiger partial charge in [0.25, 0.3) is 5.91 Å². The molecule has 0 radical (unpaired) electrons. The van der Waals surface area contributed by atoms with E-state index in [1.165, 1.54) is 6.08 Å². The van der Waals surface area contributed by atoms with Crippen LogP contribution < -0.4 is 14.8 Å². The predicted molar refractivity (Wildman–Crippen MR) is 125 cm³/mol. The number of hydrogen-bond acceptors (Lipinski definition) is 4. The molecule has 0 aliphatic carbocycles. The lowest BCUT2D eigenvalue weighted by Crippen LogP contribution is -2.13. The van der Waals surface area contributed by atoms with Crippen molar-refractivity contribution in [3.05, 3.63) is 92.9 Å². The zero-order valence-electron chi connectivity index (χ0n) is 16.6. The number of carbonyl (C=O) groups is 1. The highest BCUT2D eigenvalue weighted by molar-refractivity contribution is 9.10. The Kier molecular flexibility index (Phi) is 7.71. The van der Waals surface area contributed by atoms with Crippen molar-refractivity contribution in [1.82, 2.24) is 0 Å². The summed E-state index contributed by atoms with van der Waals surface area (Å²) in [6.07, 6.45) is 1.50. The topological polar surface area (TPSA) is 71.3 Å². The molecule has 0 saturated heterocycles. The fourth-order valence-corrected chi connectivity index (χ4v) is 3.19. The molecule has 1 amide bonds. The second kappa shape index (κ2) is 10.7. The van der Waals surface area contributed by atoms with E-state index in [1.54, 1.807) is 55.6 Å². The van der Waals surface area contributed by atoms with Crippen molar-refractivity contribution < 1.29 is 14.3 Å². The molecule has 0 bridgehead atoms.